The molecule has 0 radical (unpaired) electrons. The number of aliphatic hydroxyl groups is 1. The summed E-state index contributed by atoms with van der Waals surface area (Å²) >= 11 is 0. The second kappa shape index (κ2) is 8.28. The fraction of sp³-hybridized carbons (Fsp3) is 0.647. The lowest BCUT2D eigenvalue weighted by Crippen LogP contribution is -2.28. The number of nitrogens with zero attached hydrogens (tertiary/aromatic N) is 1. The monoisotopic (exact) mass is 279 g/mol. The van der Waals surface area contributed by atoms with Gasteiger partial charge in [0.25, 0.3) is 0 Å². The van der Waals surface area contributed by atoms with E-state index in [-0.39, 0.29) is 18.6 Å². The molecule has 1 rings (SSSR count). The Labute approximate surface area is 123 Å². The first kappa shape index (κ1) is 17.0. The molecule has 2 unspecified atom stereocenters. The van der Waals surface area contributed by atoms with E-state index in [1.165, 1.54) is 11.1 Å². The zero-order chi connectivity index (χ0) is 15.1. The van der Waals surface area contributed by atoms with Crippen molar-refractivity contribution in [2.75, 3.05) is 27.3 Å². The Morgan fingerprint density at radius 1 is 1.25 bits per heavy atom. The van der Waals surface area contributed by atoms with Gasteiger partial charge in [0.05, 0.1) is 6.61 Å². The normalized spacial score (nSPS) is 14.3. The zero-order valence-corrected chi connectivity index (χ0v) is 13.5. The Balaban J connectivity index is 3.08. The van der Waals surface area contributed by atoms with E-state index in [9.17, 15) is 5.11 Å². The highest BCUT2D eigenvalue weighted by Gasteiger charge is 2.23. The lowest BCUT2D eigenvalue weighted by Gasteiger charge is -2.31. The van der Waals surface area contributed by atoms with Crippen molar-refractivity contribution < 1.29 is 9.84 Å². The van der Waals surface area contributed by atoms with Crippen LogP contribution in [0.25, 0.3) is 0 Å². The molecule has 0 spiro atoms. The summed E-state index contributed by atoms with van der Waals surface area (Å²) in [4.78, 5) is 2.18. The molecule has 0 aliphatic heterocycles. The Hall–Kier alpha value is -1.06. The molecule has 114 valence electrons. The molecule has 0 aliphatic carbocycles. The summed E-state index contributed by atoms with van der Waals surface area (Å²) in [6.45, 7) is 7.32. The number of aliphatic hydroxyl groups excluding tert-OH is 1. The number of benzene rings is 1. The van der Waals surface area contributed by atoms with Crippen LogP contribution in [-0.2, 0) is 6.42 Å². The quantitative estimate of drug-likeness (QED) is 0.793. The lowest BCUT2D eigenvalue weighted by molar-refractivity contribution is 0.145. The third-order valence-corrected chi connectivity index (χ3v) is 3.67. The predicted molar refractivity (Wildman–Crippen MR) is 84.3 cm³/mol. The van der Waals surface area contributed by atoms with Crippen molar-refractivity contribution in [1.82, 2.24) is 4.90 Å². The first-order valence-corrected chi connectivity index (χ1v) is 7.58. The van der Waals surface area contributed by atoms with Crippen molar-refractivity contribution in [3.05, 3.63) is 29.3 Å². The summed E-state index contributed by atoms with van der Waals surface area (Å²) in [5, 5.41) is 9.50. The molecule has 20 heavy (non-hydrogen) atoms. The SMILES string of the molecule is CCCOc1ccc(C(C(C)CO)N(C)C)c(CC)c1. The fourth-order valence-electron chi connectivity index (χ4n) is 2.68. The molecular formula is C17H29NO2. The van der Waals surface area contributed by atoms with E-state index < -0.39 is 0 Å². The molecule has 0 amide bonds. The maximum absolute atomic E-state index is 9.50. The minimum Gasteiger partial charge on any atom is -0.494 e. The maximum atomic E-state index is 9.50. The lowest BCUT2D eigenvalue weighted by atomic mass is 9.89. The van der Waals surface area contributed by atoms with E-state index in [4.69, 9.17) is 4.74 Å². The molecule has 0 bridgehead atoms. The van der Waals surface area contributed by atoms with Crippen LogP contribution in [0.4, 0.5) is 0 Å². The van der Waals surface area contributed by atoms with Gasteiger partial charge in [-0.2, -0.15) is 0 Å². The second-order valence-corrected chi connectivity index (χ2v) is 5.63. The van der Waals surface area contributed by atoms with Crippen LogP contribution >= 0.6 is 0 Å². The average Bonchev–Trinajstić information content (AvgIpc) is 2.45. The molecule has 3 heteroatoms. The van der Waals surface area contributed by atoms with E-state index in [2.05, 4.69) is 51.9 Å². The standard InChI is InChI=1S/C17H29NO2/c1-6-10-20-15-8-9-16(14(7-2)11-15)17(18(4)5)13(3)12-19/h8-9,11,13,17,19H,6-7,10,12H2,1-5H3. The molecule has 0 heterocycles. The van der Waals surface area contributed by atoms with Crippen molar-refractivity contribution in [3.8, 4) is 5.75 Å². The van der Waals surface area contributed by atoms with Gasteiger partial charge in [-0.05, 0) is 56.1 Å². The van der Waals surface area contributed by atoms with Crippen LogP contribution in [0, 0.1) is 5.92 Å². The highest BCUT2D eigenvalue weighted by atomic mass is 16.5. The van der Waals surface area contributed by atoms with E-state index in [0.29, 0.717) is 0 Å². The number of aryl methyl sites for hydroxylation is 1. The summed E-state index contributed by atoms with van der Waals surface area (Å²) in [5.74, 6) is 1.15. The predicted octanol–water partition coefficient (Wildman–Crippen LogP) is 3.27. The highest BCUT2D eigenvalue weighted by Crippen LogP contribution is 2.31. The van der Waals surface area contributed by atoms with Gasteiger partial charge in [0, 0.05) is 12.6 Å². The van der Waals surface area contributed by atoms with Gasteiger partial charge >= 0.3 is 0 Å². The molecule has 0 aliphatic rings. The van der Waals surface area contributed by atoms with E-state index in [1.807, 2.05) is 6.07 Å². The van der Waals surface area contributed by atoms with Crippen molar-refractivity contribution in [1.29, 1.82) is 0 Å². The van der Waals surface area contributed by atoms with Gasteiger partial charge in [-0.25, -0.2) is 0 Å². The van der Waals surface area contributed by atoms with Gasteiger partial charge in [-0.1, -0.05) is 26.8 Å². The minimum absolute atomic E-state index is 0.195. The van der Waals surface area contributed by atoms with E-state index >= 15 is 0 Å². The van der Waals surface area contributed by atoms with Crippen molar-refractivity contribution in [2.24, 2.45) is 5.92 Å². The Bertz CT molecular complexity index is 404. The maximum Gasteiger partial charge on any atom is 0.119 e. The molecular weight excluding hydrogens is 250 g/mol. The van der Waals surface area contributed by atoms with Crippen molar-refractivity contribution >= 4 is 0 Å². The van der Waals surface area contributed by atoms with Crippen molar-refractivity contribution in [3.63, 3.8) is 0 Å². The number of ether oxygens (including phenoxy) is 1. The molecule has 1 N–H and O–H groups in total. The molecule has 0 saturated heterocycles. The molecule has 2 atom stereocenters. The molecule has 0 saturated carbocycles. The zero-order valence-electron chi connectivity index (χ0n) is 13.5. The molecule has 3 nitrogen and oxygen atoms in total. The van der Waals surface area contributed by atoms with E-state index in [1.54, 1.807) is 0 Å². The Morgan fingerprint density at radius 2 is 1.95 bits per heavy atom. The molecule has 0 aromatic heterocycles. The summed E-state index contributed by atoms with van der Waals surface area (Å²) in [7, 11) is 4.13. The first-order chi connectivity index (χ1) is 9.54. The third kappa shape index (κ3) is 4.22. The minimum atomic E-state index is 0.195. The smallest absolute Gasteiger partial charge is 0.119 e. The van der Waals surface area contributed by atoms with Gasteiger partial charge in [-0.15, -0.1) is 0 Å². The highest BCUT2D eigenvalue weighted by molar-refractivity contribution is 5.38. The van der Waals surface area contributed by atoms with Gasteiger partial charge in [0.1, 0.15) is 5.75 Å². The van der Waals surface area contributed by atoms with Crippen LogP contribution in [0.15, 0.2) is 18.2 Å². The van der Waals surface area contributed by atoms with Crippen molar-refractivity contribution in [2.45, 2.75) is 39.7 Å². The Morgan fingerprint density at radius 3 is 2.45 bits per heavy atom. The number of hydrogen-bond donors (Lipinski definition) is 1. The largest absolute Gasteiger partial charge is 0.494 e. The van der Waals surface area contributed by atoms with Gasteiger partial charge in [-0.3, -0.25) is 0 Å². The topological polar surface area (TPSA) is 32.7 Å². The number of hydrogen-bond acceptors (Lipinski definition) is 3. The number of rotatable bonds is 8. The average molecular weight is 279 g/mol. The molecule has 1 aromatic carbocycles. The fourth-order valence-corrected chi connectivity index (χ4v) is 2.68. The third-order valence-electron chi connectivity index (χ3n) is 3.67. The summed E-state index contributed by atoms with van der Waals surface area (Å²) in [6, 6.07) is 6.58. The van der Waals surface area contributed by atoms with Crippen LogP contribution in [0.2, 0.25) is 0 Å². The summed E-state index contributed by atoms with van der Waals surface area (Å²) < 4.78 is 5.72. The van der Waals surface area contributed by atoms with Gasteiger partial charge in [0.2, 0.25) is 0 Å². The Kier molecular flexibility index (Phi) is 7.03. The van der Waals surface area contributed by atoms with E-state index in [0.717, 1.165) is 25.2 Å². The summed E-state index contributed by atoms with van der Waals surface area (Å²) in [5.41, 5.74) is 2.60. The molecule has 0 fully saturated rings. The van der Waals surface area contributed by atoms with Crippen LogP contribution in [0.1, 0.15) is 44.4 Å². The second-order valence-electron chi connectivity index (χ2n) is 5.63. The van der Waals surface area contributed by atoms with Crippen LogP contribution < -0.4 is 4.74 Å². The van der Waals surface area contributed by atoms with Crippen LogP contribution in [0.3, 0.4) is 0 Å². The first-order valence-electron chi connectivity index (χ1n) is 7.58. The van der Waals surface area contributed by atoms with Gasteiger partial charge < -0.3 is 14.7 Å². The van der Waals surface area contributed by atoms with Gasteiger partial charge in [0.15, 0.2) is 0 Å². The van der Waals surface area contributed by atoms with Crippen LogP contribution in [-0.4, -0.2) is 37.3 Å². The summed E-state index contributed by atoms with van der Waals surface area (Å²) in [6.07, 6.45) is 1.99. The molecule has 1 aromatic rings. The van der Waals surface area contributed by atoms with Crippen LogP contribution in [0.5, 0.6) is 5.75 Å².